The van der Waals surface area contributed by atoms with E-state index >= 15 is 0 Å². The number of carboxylic acid groups (broad SMARTS) is 1. The molecular formula is C21H33N7O7. The molecule has 0 aromatic carbocycles. The molecule has 1 saturated carbocycles. The molecule has 2 fully saturated rings. The monoisotopic (exact) mass is 495 g/mol. The summed E-state index contributed by atoms with van der Waals surface area (Å²) >= 11 is 0. The lowest BCUT2D eigenvalue weighted by Gasteiger charge is -2.37. The predicted molar refractivity (Wildman–Crippen MR) is 122 cm³/mol. The molecule has 14 nitrogen and oxygen atoms in total. The van der Waals surface area contributed by atoms with Crippen LogP contribution in [-0.2, 0) is 28.8 Å². The van der Waals surface area contributed by atoms with Crippen LogP contribution in [0.5, 0.6) is 0 Å². The Hall–Kier alpha value is -3.71. The van der Waals surface area contributed by atoms with Crippen LogP contribution in [0.25, 0.3) is 0 Å². The van der Waals surface area contributed by atoms with Gasteiger partial charge in [0.1, 0.15) is 17.6 Å². The second-order valence-corrected chi connectivity index (χ2v) is 8.61. The third kappa shape index (κ3) is 8.54. The zero-order valence-electron chi connectivity index (χ0n) is 19.4. The summed E-state index contributed by atoms with van der Waals surface area (Å²) in [6.45, 7) is -0.679. The number of rotatable bonds is 7. The summed E-state index contributed by atoms with van der Waals surface area (Å²) < 4.78 is 0. The van der Waals surface area contributed by atoms with Gasteiger partial charge in [-0.05, 0) is 25.7 Å². The second-order valence-electron chi connectivity index (χ2n) is 8.61. The van der Waals surface area contributed by atoms with E-state index in [0.717, 1.165) is 12.8 Å². The van der Waals surface area contributed by atoms with E-state index in [2.05, 4.69) is 31.9 Å². The van der Waals surface area contributed by atoms with Gasteiger partial charge in [0.2, 0.25) is 29.5 Å². The van der Waals surface area contributed by atoms with E-state index in [4.69, 9.17) is 10.5 Å². The maximum Gasteiger partial charge on any atom is 0.305 e. The Labute approximate surface area is 202 Å². The Morgan fingerprint density at radius 1 is 0.971 bits per heavy atom. The molecule has 194 valence electrons. The van der Waals surface area contributed by atoms with Crippen LogP contribution < -0.4 is 31.9 Å². The standard InChI is InChI=1S/C21H33N7O7/c22-12-23-8-4-5-13-19(34)28-21(6-2-1-3-7-21)20(35)25-11-16(30)27-14(9-17(31)32)18(33)24-10-15(29)26-13/h12-14H,1-11H2,(H2,22,23)(H,24,33)(H,25,35)(H,26,29)(H,27,30)(H,28,34)(H,31,32). The van der Waals surface area contributed by atoms with Gasteiger partial charge < -0.3 is 37.0 Å². The molecule has 0 aromatic heterocycles. The molecule has 2 unspecified atom stereocenters. The number of hydrogen-bond acceptors (Lipinski definition) is 7. The van der Waals surface area contributed by atoms with Crippen molar-refractivity contribution in [2.24, 2.45) is 0 Å². The highest BCUT2D eigenvalue weighted by Crippen LogP contribution is 2.28. The molecular weight excluding hydrogens is 462 g/mol. The fourth-order valence-corrected chi connectivity index (χ4v) is 4.13. The Balaban J connectivity index is 2.29. The first kappa shape index (κ1) is 27.5. The van der Waals surface area contributed by atoms with E-state index in [-0.39, 0.29) is 6.42 Å². The van der Waals surface area contributed by atoms with Gasteiger partial charge in [-0.2, -0.15) is 0 Å². The fraction of sp³-hybridized carbons (Fsp3) is 0.667. The molecule has 14 heteroatoms. The molecule has 1 aliphatic heterocycles. The Kier molecular flexibility index (Phi) is 10.4. The summed E-state index contributed by atoms with van der Waals surface area (Å²) in [5, 5.41) is 31.1. The van der Waals surface area contributed by atoms with E-state index in [9.17, 15) is 28.8 Å². The molecule has 8 N–H and O–H groups in total. The van der Waals surface area contributed by atoms with E-state index in [0.29, 0.717) is 38.6 Å². The van der Waals surface area contributed by atoms with Crippen molar-refractivity contribution in [3.8, 4) is 0 Å². The normalized spacial score (nSPS) is 23.9. The first-order valence-corrected chi connectivity index (χ1v) is 11.6. The van der Waals surface area contributed by atoms with Crippen LogP contribution in [0.3, 0.4) is 0 Å². The zero-order valence-corrected chi connectivity index (χ0v) is 19.4. The third-order valence-corrected chi connectivity index (χ3v) is 5.94. The van der Waals surface area contributed by atoms with Gasteiger partial charge in [0, 0.05) is 6.54 Å². The molecule has 0 radical (unpaired) electrons. The van der Waals surface area contributed by atoms with Gasteiger partial charge in [-0.3, -0.25) is 34.2 Å². The van der Waals surface area contributed by atoms with E-state index < -0.39 is 72.6 Å². The summed E-state index contributed by atoms with van der Waals surface area (Å²) in [4.78, 5) is 74.7. The Morgan fingerprint density at radius 2 is 1.60 bits per heavy atom. The summed E-state index contributed by atoms with van der Waals surface area (Å²) in [5.41, 5.74) is -1.26. The van der Waals surface area contributed by atoms with Crippen molar-refractivity contribution >= 4 is 41.8 Å². The maximum absolute atomic E-state index is 13.2. The molecule has 1 heterocycles. The average molecular weight is 496 g/mol. The summed E-state index contributed by atoms with van der Waals surface area (Å²) in [7, 11) is 0. The van der Waals surface area contributed by atoms with Crippen molar-refractivity contribution in [3.05, 3.63) is 0 Å². The van der Waals surface area contributed by atoms with Gasteiger partial charge in [-0.1, -0.05) is 19.3 Å². The lowest BCUT2D eigenvalue weighted by atomic mass is 9.80. The van der Waals surface area contributed by atoms with Crippen molar-refractivity contribution in [1.29, 1.82) is 5.41 Å². The molecule has 1 saturated heterocycles. The highest BCUT2D eigenvalue weighted by Gasteiger charge is 2.42. The van der Waals surface area contributed by atoms with Crippen LogP contribution in [0.2, 0.25) is 0 Å². The molecule has 35 heavy (non-hydrogen) atoms. The molecule has 2 aliphatic rings. The number of carbonyl (C=O) groups is 6. The minimum Gasteiger partial charge on any atom is -0.481 e. The van der Waals surface area contributed by atoms with Crippen molar-refractivity contribution < 1.29 is 33.9 Å². The maximum atomic E-state index is 13.2. The smallest absolute Gasteiger partial charge is 0.305 e. The fourth-order valence-electron chi connectivity index (χ4n) is 4.13. The summed E-state index contributed by atoms with van der Waals surface area (Å²) in [6.07, 6.45) is 3.86. The first-order chi connectivity index (χ1) is 16.7. The number of amides is 5. The minimum absolute atomic E-state index is 0.200. The molecule has 0 aromatic rings. The van der Waals surface area contributed by atoms with Crippen molar-refractivity contribution in [1.82, 2.24) is 31.9 Å². The van der Waals surface area contributed by atoms with Crippen LogP contribution in [-0.4, -0.2) is 84.2 Å². The van der Waals surface area contributed by atoms with Gasteiger partial charge in [0.05, 0.1) is 25.8 Å². The van der Waals surface area contributed by atoms with Crippen LogP contribution in [0, 0.1) is 5.41 Å². The topological polar surface area (TPSA) is 219 Å². The quantitative estimate of drug-likeness (QED) is 0.107. The molecule has 0 bridgehead atoms. The van der Waals surface area contributed by atoms with Crippen molar-refractivity contribution in [2.45, 2.75) is 69.0 Å². The van der Waals surface area contributed by atoms with E-state index in [1.807, 2.05) is 0 Å². The van der Waals surface area contributed by atoms with Gasteiger partial charge in [-0.25, -0.2) is 0 Å². The number of carbonyl (C=O) groups excluding carboxylic acids is 5. The zero-order chi connectivity index (χ0) is 25.8. The molecule has 5 amide bonds. The number of nitrogens with one attached hydrogen (secondary N) is 7. The SMILES string of the molecule is N=CNCCCC1NC(=O)CNC(=O)C(CC(=O)O)NC(=O)CNC(=O)C2(CCCCC2)NC1=O. The predicted octanol–water partition coefficient (Wildman–Crippen LogP) is -2.53. The molecule has 2 atom stereocenters. The third-order valence-electron chi connectivity index (χ3n) is 5.94. The largest absolute Gasteiger partial charge is 0.481 e. The summed E-state index contributed by atoms with van der Waals surface area (Å²) in [5.74, 6) is -4.85. The molecule has 2 rings (SSSR count). The Bertz CT molecular complexity index is 842. The van der Waals surface area contributed by atoms with Crippen LogP contribution >= 0.6 is 0 Å². The van der Waals surface area contributed by atoms with Crippen molar-refractivity contribution in [3.63, 3.8) is 0 Å². The van der Waals surface area contributed by atoms with Gasteiger partial charge in [0.25, 0.3) is 0 Å². The molecule has 1 aliphatic carbocycles. The van der Waals surface area contributed by atoms with E-state index in [1.165, 1.54) is 0 Å². The lowest BCUT2D eigenvalue weighted by molar-refractivity contribution is -0.141. The minimum atomic E-state index is -1.46. The highest BCUT2D eigenvalue weighted by molar-refractivity contribution is 5.98. The molecule has 1 spiro atoms. The first-order valence-electron chi connectivity index (χ1n) is 11.6. The summed E-state index contributed by atoms with van der Waals surface area (Å²) in [6, 6.07) is -2.47. The number of hydrogen-bond donors (Lipinski definition) is 8. The second kappa shape index (κ2) is 13.2. The van der Waals surface area contributed by atoms with Gasteiger partial charge in [-0.15, -0.1) is 0 Å². The van der Waals surface area contributed by atoms with Gasteiger partial charge >= 0.3 is 5.97 Å². The Morgan fingerprint density at radius 3 is 2.23 bits per heavy atom. The number of carboxylic acids is 1. The van der Waals surface area contributed by atoms with Crippen LogP contribution in [0.1, 0.15) is 51.4 Å². The van der Waals surface area contributed by atoms with Crippen LogP contribution in [0.15, 0.2) is 0 Å². The van der Waals surface area contributed by atoms with Crippen molar-refractivity contribution in [2.75, 3.05) is 19.6 Å². The average Bonchev–Trinajstić information content (AvgIpc) is 2.82. The number of aliphatic carboxylic acids is 1. The van der Waals surface area contributed by atoms with Gasteiger partial charge in [0.15, 0.2) is 0 Å². The lowest BCUT2D eigenvalue weighted by Crippen LogP contribution is -2.63. The van der Waals surface area contributed by atoms with E-state index in [1.54, 1.807) is 0 Å². The highest BCUT2D eigenvalue weighted by atomic mass is 16.4. The van der Waals surface area contributed by atoms with Crippen LogP contribution in [0.4, 0.5) is 0 Å².